The minimum absolute atomic E-state index is 0.0162. The van der Waals surface area contributed by atoms with E-state index in [9.17, 15) is 23.1 Å². The molecule has 1 fully saturated rings. The third-order valence-electron chi connectivity index (χ3n) is 5.02. The predicted molar refractivity (Wildman–Crippen MR) is 113 cm³/mol. The van der Waals surface area contributed by atoms with Crippen molar-refractivity contribution in [3.05, 3.63) is 54.1 Å². The van der Waals surface area contributed by atoms with Gasteiger partial charge in [-0.3, -0.25) is 10.0 Å². The summed E-state index contributed by atoms with van der Waals surface area (Å²) >= 11 is 1.46. The molecule has 0 saturated carbocycles. The van der Waals surface area contributed by atoms with Crippen molar-refractivity contribution in [2.75, 3.05) is 12.3 Å². The second-order valence-corrected chi connectivity index (χ2v) is 11.0. The third kappa shape index (κ3) is 4.08. The minimum atomic E-state index is -4.03. The van der Waals surface area contributed by atoms with Crippen LogP contribution in [0.3, 0.4) is 0 Å². The SMILES string of the molecule is CC1(C)SCCN(S(=O)(=O)c2ccc(-c3ccccc3C(=O)O)cc2)[C@H]1C(=O)NO. The van der Waals surface area contributed by atoms with Crippen LogP contribution in [0.5, 0.6) is 0 Å². The molecule has 2 aromatic rings. The molecule has 30 heavy (non-hydrogen) atoms. The largest absolute Gasteiger partial charge is 0.478 e. The van der Waals surface area contributed by atoms with Gasteiger partial charge >= 0.3 is 5.97 Å². The Morgan fingerprint density at radius 2 is 1.77 bits per heavy atom. The number of carbonyl (C=O) groups is 2. The molecule has 3 rings (SSSR count). The summed E-state index contributed by atoms with van der Waals surface area (Å²) in [6.45, 7) is 3.63. The molecular formula is C20H22N2O6S2. The Morgan fingerprint density at radius 1 is 1.13 bits per heavy atom. The van der Waals surface area contributed by atoms with Crippen LogP contribution >= 0.6 is 11.8 Å². The van der Waals surface area contributed by atoms with Crippen molar-refractivity contribution in [2.45, 2.75) is 29.5 Å². The van der Waals surface area contributed by atoms with Crippen LogP contribution in [0.25, 0.3) is 11.1 Å². The molecule has 1 saturated heterocycles. The molecule has 1 aliphatic heterocycles. The highest BCUT2D eigenvalue weighted by molar-refractivity contribution is 8.00. The Labute approximate surface area is 178 Å². The molecule has 2 aromatic carbocycles. The number of nitrogens with one attached hydrogen (secondary N) is 1. The Bertz CT molecular complexity index is 1070. The first-order valence-electron chi connectivity index (χ1n) is 9.12. The van der Waals surface area contributed by atoms with E-state index in [-0.39, 0.29) is 17.0 Å². The third-order valence-corrected chi connectivity index (χ3v) is 8.25. The van der Waals surface area contributed by atoms with Crippen LogP contribution in [0.4, 0.5) is 0 Å². The number of hydroxylamine groups is 1. The van der Waals surface area contributed by atoms with Gasteiger partial charge in [-0.25, -0.2) is 18.7 Å². The van der Waals surface area contributed by atoms with Gasteiger partial charge in [-0.15, -0.1) is 0 Å². The zero-order valence-electron chi connectivity index (χ0n) is 16.4. The van der Waals surface area contributed by atoms with Crippen LogP contribution in [-0.2, 0) is 14.8 Å². The van der Waals surface area contributed by atoms with Crippen LogP contribution in [-0.4, -0.2) is 58.0 Å². The van der Waals surface area contributed by atoms with Crippen LogP contribution in [0.1, 0.15) is 24.2 Å². The van der Waals surface area contributed by atoms with E-state index in [1.54, 1.807) is 49.7 Å². The molecule has 0 spiro atoms. The maximum absolute atomic E-state index is 13.3. The number of nitrogens with zero attached hydrogens (tertiary/aromatic N) is 1. The fraction of sp³-hybridized carbons (Fsp3) is 0.300. The fourth-order valence-electron chi connectivity index (χ4n) is 3.58. The smallest absolute Gasteiger partial charge is 0.336 e. The van der Waals surface area contributed by atoms with Crippen molar-refractivity contribution < 1.29 is 28.3 Å². The summed E-state index contributed by atoms with van der Waals surface area (Å²) in [5.74, 6) is -1.36. The first-order valence-corrected chi connectivity index (χ1v) is 11.5. The van der Waals surface area contributed by atoms with Crippen LogP contribution in [0.2, 0.25) is 0 Å². The lowest BCUT2D eigenvalue weighted by atomic mass is 10.00. The standard InChI is InChI=1S/C20H22N2O6S2/c1-20(2)17(18(23)21-26)22(11-12-29-20)30(27,28)14-9-7-13(8-10-14)15-5-3-4-6-16(15)19(24)25/h3-10,17,26H,11-12H2,1-2H3,(H,21,23)(H,24,25)/t17-/m0/s1. The van der Waals surface area contributed by atoms with Gasteiger partial charge < -0.3 is 5.11 Å². The van der Waals surface area contributed by atoms with Crippen molar-refractivity contribution in [2.24, 2.45) is 0 Å². The molecule has 3 N–H and O–H groups in total. The normalized spacial score (nSPS) is 19.2. The van der Waals surface area contributed by atoms with E-state index >= 15 is 0 Å². The fourth-order valence-corrected chi connectivity index (χ4v) is 6.69. The highest BCUT2D eigenvalue weighted by Crippen LogP contribution is 2.38. The minimum Gasteiger partial charge on any atom is -0.478 e. The van der Waals surface area contributed by atoms with Gasteiger partial charge in [0.05, 0.1) is 10.5 Å². The summed E-state index contributed by atoms with van der Waals surface area (Å²) in [4.78, 5) is 23.7. The Morgan fingerprint density at radius 3 is 2.37 bits per heavy atom. The number of carboxylic acid groups (broad SMARTS) is 1. The van der Waals surface area contributed by atoms with Crippen molar-refractivity contribution in [1.82, 2.24) is 9.79 Å². The number of thioether (sulfide) groups is 1. The molecule has 8 nitrogen and oxygen atoms in total. The van der Waals surface area contributed by atoms with Crippen molar-refractivity contribution in [3.63, 3.8) is 0 Å². The van der Waals surface area contributed by atoms with E-state index < -0.39 is 32.7 Å². The van der Waals surface area contributed by atoms with E-state index in [0.717, 1.165) is 4.31 Å². The van der Waals surface area contributed by atoms with Crippen molar-refractivity contribution in [1.29, 1.82) is 0 Å². The molecule has 1 heterocycles. The summed E-state index contributed by atoms with van der Waals surface area (Å²) < 4.78 is 26.9. The zero-order valence-corrected chi connectivity index (χ0v) is 18.0. The lowest BCUT2D eigenvalue weighted by molar-refractivity contribution is -0.134. The van der Waals surface area contributed by atoms with E-state index in [1.165, 1.54) is 30.0 Å². The second kappa shape index (κ2) is 8.38. The number of rotatable bonds is 5. The maximum atomic E-state index is 13.3. The van der Waals surface area contributed by atoms with E-state index in [4.69, 9.17) is 5.21 Å². The average Bonchev–Trinajstić information content (AvgIpc) is 2.72. The van der Waals surface area contributed by atoms with Gasteiger partial charge in [0.2, 0.25) is 10.0 Å². The van der Waals surface area contributed by atoms with Gasteiger partial charge in [-0.2, -0.15) is 16.1 Å². The molecule has 160 valence electrons. The first kappa shape index (κ1) is 22.3. The number of carboxylic acids is 1. The van der Waals surface area contributed by atoms with Gasteiger partial charge in [0, 0.05) is 17.0 Å². The first-order chi connectivity index (χ1) is 14.1. The van der Waals surface area contributed by atoms with Gasteiger partial charge in [-0.05, 0) is 43.2 Å². The van der Waals surface area contributed by atoms with Gasteiger partial charge in [0.1, 0.15) is 6.04 Å². The molecule has 1 atom stereocenters. The zero-order chi connectivity index (χ0) is 22.1. The Balaban J connectivity index is 1.99. The lowest BCUT2D eigenvalue weighted by Crippen LogP contribution is -2.61. The molecule has 0 aliphatic carbocycles. The molecular weight excluding hydrogens is 428 g/mol. The Kier molecular flexibility index (Phi) is 6.23. The van der Waals surface area contributed by atoms with Gasteiger partial charge in [0.15, 0.2) is 0 Å². The quantitative estimate of drug-likeness (QED) is 0.472. The number of benzene rings is 2. The van der Waals surface area contributed by atoms with E-state index in [2.05, 4.69) is 0 Å². The Hall–Kier alpha value is -2.40. The summed E-state index contributed by atoms with van der Waals surface area (Å²) in [6, 6.07) is 11.2. The molecule has 10 heteroatoms. The van der Waals surface area contributed by atoms with Crippen molar-refractivity contribution >= 4 is 33.7 Å². The van der Waals surface area contributed by atoms with Gasteiger partial charge in [-0.1, -0.05) is 30.3 Å². The topological polar surface area (TPSA) is 124 Å². The maximum Gasteiger partial charge on any atom is 0.336 e. The predicted octanol–water partition coefficient (Wildman–Crippen LogP) is 2.44. The van der Waals surface area contributed by atoms with E-state index in [1.807, 2.05) is 0 Å². The second-order valence-electron chi connectivity index (χ2n) is 7.32. The van der Waals surface area contributed by atoms with E-state index in [0.29, 0.717) is 16.9 Å². The molecule has 0 bridgehead atoms. The number of hydrogen-bond acceptors (Lipinski definition) is 6. The molecule has 1 aliphatic rings. The number of aromatic carboxylic acids is 1. The summed E-state index contributed by atoms with van der Waals surface area (Å²) in [6.07, 6.45) is 0. The number of sulfonamides is 1. The summed E-state index contributed by atoms with van der Waals surface area (Å²) in [5, 5.41) is 18.5. The summed E-state index contributed by atoms with van der Waals surface area (Å²) in [5.41, 5.74) is 2.73. The highest BCUT2D eigenvalue weighted by Gasteiger charge is 2.48. The molecule has 0 unspecified atom stereocenters. The number of carbonyl (C=O) groups excluding carboxylic acids is 1. The lowest BCUT2D eigenvalue weighted by Gasteiger charge is -2.43. The molecule has 0 radical (unpaired) electrons. The summed E-state index contributed by atoms with van der Waals surface area (Å²) in [7, 11) is -4.03. The monoisotopic (exact) mass is 450 g/mol. The molecule has 0 aromatic heterocycles. The van der Waals surface area contributed by atoms with Crippen LogP contribution < -0.4 is 5.48 Å². The number of hydrogen-bond donors (Lipinski definition) is 3. The average molecular weight is 451 g/mol. The van der Waals surface area contributed by atoms with Crippen LogP contribution in [0, 0.1) is 0 Å². The number of amides is 1. The molecule has 1 amide bonds. The van der Waals surface area contributed by atoms with Gasteiger partial charge in [0.25, 0.3) is 5.91 Å². The highest BCUT2D eigenvalue weighted by atomic mass is 32.2. The van der Waals surface area contributed by atoms with Crippen LogP contribution in [0.15, 0.2) is 53.4 Å². The van der Waals surface area contributed by atoms with Crippen molar-refractivity contribution in [3.8, 4) is 11.1 Å².